The van der Waals surface area contributed by atoms with Gasteiger partial charge in [-0.15, -0.1) is 0 Å². The Hall–Kier alpha value is -3.39. The van der Waals surface area contributed by atoms with Gasteiger partial charge in [-0.3, -0.25) is 4.79 Å². The standard InChI is InChI=1S/C25H29F4N7O2S/c1-3-4-8-36-9-7-16(18(26)13-36)14-38-21-6-5-17(10-32-21)33-23(37)22-15(2)35-39-24(22)34-20-12-30-19(11-31-20)25(27,28)29/h5-6,10-12,16,18H,3-4,7-9,13-14H2,1-2H3,(H,31,34)(H,33,37)/t16?,18-/m0/s1. The van der Waals surface area contributed by atoms with Crippen molar-refractivity contribution >= 4 is 33.9 Å². The third kappa shape index (κ3) is 7.60. The number of aromatic nitrogens is 4. The number of aryl methyl sites for hydroxylation is 1. The van der Waals surface area contributed by atoms with Crippen LogP contribution < -0.4 is 15.4 Å². The molecule has 1 fully saturated rings. The molecule has 1 saturated heterocycles. The number of amides is 1. The van der Waals surface area contributed by atoms with Gasteiger partial charge in [0.2, 0.25) is 5.88 Å². The third-order valence-corrected chi connectivity index (χ3v) is 7.16. The summed E-state index contributed by atoms with van der Waals surface area (Å²) in [6.45, 7) is 6.17. The van der Waals surface area contributed by atoms with E-state index in [9.17, 15) is 22.4 Å². The van der Waals surface area contributed by atoms with Gasteiger partial charge in [0.1, 0.15) is 17.0 Å². The van der Waals surface area contributed by atoms with Gasteiger partial charge in [0.15, 0.2) is 5.69 Å². The fraction of sp³-hybridized carbons (Fsp3) is 0.480. The molecule has 1 aliphatic heterocycles. The largest absolute Gasteiger partial charge is 0.477 e. The number of hydrogen-bond acceptors (Lipinski definition) is 9. The normalized spacial score (nSPS) is 18.1. The number of piperidine rings is 1. The Balaban J connectivity index is 1.31. The number of pyridine rings is 1. The Morgan fingerprint density at radius 2 is 2.03 bits per heavy atom. The fourth-order valence-electron chi connectivity index (χ4n) is 4.09. The van der Waals surface area contributed by atoms with Crippen molar-refractivity contribution in [2.24, 2.45) is 5.92 Å². The van der Waals surface area contributed by atoms with Crippen LogP contribution in [0.1, 0.15) is 47.9 Å². The molecule has 4 heterocycles. The highest BCUT2D eigenvalue weighted by molar-refractivity contribution is 7.10. The minimum Gasteiger partial charge on any atom is -0.477 e. The van der Waals surface area contributed by atoms with Gasteiger partial charge in [0.25, 0.3) is 5.91 Å². The summed E-state index contributed by atoms with van der Waals surface area (Å²) in [6, 6.07) is 3.21. The van der Waals surface area contributed by atoms with Crippen LogP contribution >= 0.6 is 11.5 Å². The number of unbranched alkanes of at least 4 members (excludes halogenated alkanes) is 1. The maximum Gasteiger partial charge on any atom is 0.434 e. The first-order chi connectivity index (χ1) is 18.6. The van der Waals surface area contributed by atoms with Gasteiger partial charge in [-0.05, 0) is 50.5 Å². The number of ether oxygens (including phenoxy) is 1. The molecule has 2 N–H and O–H groups in total. The van der Waals surface area contributed by atoms with Gasteiger partial charge in [-0.2, -0.15) is 17.5 Å². The molecule has 1 amide bonds. The van der Waals surface area contributed by atoms with Crippen LogP contribution in [-0.4, -0.2) is 62.5 Å². The molecule has 2 atom stereocenters. The number of rotatable bonds is 10. The second-order valence-electron chi connectivity index (χ2n) is 9.25. The van der Waals surface area contributed by atoms with Crippen LogP contribution in [0.25, 0.3) is 0 Å². The summed E-state index contributed by atoms with van der Waals surface area (Å²) in [6.07, 6.45) is 0.287. The molecule has 4 rings (SSSR count). The summed E-state index contributed by atoms with van der Waals surface area (Å²) in [5.74, 6) is -0.330. The van der Waals surface area contributed by atoms with Crippen LogP contribution in [0.4, 0.5) is 34.1 Å². The third-order valence-electron chi connectivity index (χ3n) is 6.30. The van der Waals surface area contributed by atoms with Crippen LogP contribution in [0.2, 0.25) is 0 Å². The monoisotopic (exact) mass is 567 g/mol. The Kier molecular flexibility index (Phi) is 9.28. The van der Waals surface area contributed by atoms with E-state index in [1.165, 1.54) is 6.20 Å². The highest BCUT2D eigenvalue weighted by Gasteiger charge is 2.33. The number of carbonyl (C=O) groups excluding carboxylic acids is 1. The molecular weight excluding hydrogens is 538 g/mol. The molecule has 9 nitrogen and oxygen atoms in total. The minimum absolute atomic E-state index is 0.0334. The Labute approximate surface area is 227 Å². The SMILES string of the molecule is CCCCN1CCC(COc2ccc(NC(=O)c3c(C)nsc3Nc3cnc(C(F)(F)F)cn3)cn2)[C@@H](F)C1. The molecule has 0 bridgehead atoms. The molecule has 39 heavy (non-hydrogen) atoms. The molecule has 3 aromatic heterocycles. The lowest BCUT2D eigenvalue weighted by Gasteiger charge is -2.34. The molecule has 0 aliphatic carbocycles. The topological polar surface area (TPSA) is 105 Å². The van der Waals surface area contributed by atoms with E-state index < -0.39 is 23.9 Å². The molecular formula is C25H29F4N7O2S. The van der Waals surface area contributed by atoms with E-state index in [1.54, 1.807) is 19.1 Å². The smallest absolute Gasteiger partial charge is 0.434 e. The van der Waals surface area contributed by atoms with Crippen LogP contribution in [-0.2, 0) is 6.18 Å². The van der Waals surface area contributed by atoms with Crippen molar-refractivity contribution in [2.75, 3.05) is 36.9 Å². The number of nitrogens with one attached hydrogen (secondary N) is 2. The molecule has 3 aromatic rings. The quantitative estimate of drug-likeness (QED) is 0.310. The number of hydrogen-bond donors (Lipinski definition) is 2. The second-order valence-corrected chi connectivity index (χ2v) is 10.0. The number of nitrogens with zero attached hydrogens (tertiary/aromatic N) is 5. The maximum atomic E-state index is 14.6. The van der Waals surface area contributed by atoms with Gasteiger partial charge in [-0.1, -0.05) is 13.3 Å². The van der Waals surface area contributed by atoms with E-state index in [4.69, 9.17) is 4.74 Å². The molecule has 210 valence electrons. The lowest BCUT2D eigenvalue weighted by molar-refractivity contribution is -0.141. The zero-order chi connectivity index (χ0) is 28.0. The first kappa shape index (κ1) is 28.6. The molecule has 1 aliphatic rings. The van der Waals surface area contributed by atoms with Crippen molar-refractivity contribution in [2.45, 2.75) is 45.5 Å². The predicted octanol–water partition coefficient (Wildman–Crippen LogP) is 5.49. The van der Waals surface area contributed by atoms with E-state index >= 15 is 0 Å². The summed E-state index contributed by atoms with van der Waals surface area (Å²) in [4.78, 5) is 26.4. The van der Waals surface area contributed by atoms with Crippen molar-refractivity contribution in [3.8, 4) is 5.88 Å². The summed E-state index contributed by atoms with van der Waals surface area (Å²) < 4.78 is 62.6. The average Bonchev–Trinajstić information content (AvgIpc) is 3.27. The number of anilines is 3. The van der Waals surface area contributed by atoms with Crippen LogP contribution in [0, 0.1) is 12.8 Å². The van der Waals surface area contributed by atoms with Gasteiger partial charge < -0.3 is 20.3 Å². The van der Waals surface area contributed by atoms with E-state index in [0.717, 1.165) is 50.1 Å². The van der Waals surface area contributed by atoms with E-state index in [1.807, 2.05) is 0 Å². The molecule has 0 radical (unpaired) electrons. The molecule has 0 aromatic carbocycles. The highest BCUT2D eigenvalue weighted by Crippen LogP contribution is 2.30. The molecule has 14 heteroatoms. The van der Waals surface area contributed by atoms with Crippen LogP contribution in [0.5, 0.6) is 5.88 Å². The van der Waals surface area contributed by atoms with E-state index in [2.05, 4.69) is 41.8 Å². The van der Waals surface area contributed by atoms with E-state index in [0.29, 0.717) is 35.0 Å². The van der Waals surface area contributed by atoms with Crippen molar-refractivity contribution in [3.63, 3.8) is 0 Å². The van der Waals surface area contributed by atoms with Gasteiger partial charge in [0, 0.05) is 18.5 Å². The van der Waals surface area contributed by atoms with Crippen LogP contribution in [0.3, 0.4) is 0 Å². The van der Waals surface area contributed by atoms with Gasteiger partial charge in [-0.25, -0.2) is 19.3 Å². The lowest BCUT2D eigenvalue weighted by Crippen LogP contribution is -2.44. The molecule has 0 saturated carbocycles. The highest BCUT2D eigenvalue weighted by atomic mass is 32.1. The zero-order valence-electron chi connectivity index (χ0n) is 21.5. The average molecular weight is 568 g/mol. The summed E-state index contributed by atoms with van der Waals surface area (Å²) in [7, 11) is 0. The Morgan fingerprint density at radius 3 is 2.67 bits per heavy atom. The Bertz CT molecular complexity index is 1240. The predicted molar refractivity (Wildman–Crippen MR) is 139 cm³/mol. The number of likely N-dealkylation sites (tertiary alicyclic amines) is 1. The van der Waals surface area contributed by atoms with Crippen molar-refractivity contribution in [1.82, 2.24) is 24.2 Å². The van der Waals surface area contributed by atoms with Crippen molar-refractivity contribution in [1.29, 1.82) is 0 Å². The zero-order valence-corrected chi connectivity index (χ0v) is 22.3. The Morgan fingerprint density at radius 1 is 1.21 bits per heavy atom. The van der Waals surface area contributed by atoms with E-state index in [-0.39, 0.29) is 23.9 Å². The lowest BCUT2D eigenvalue weighted by atomic mass is 9.95. The second kappa shape index (κ2) is 12.6. The summed E-state index contributed by atoms with van der Waals surface area (Å²) in [5.41, 5.74) is -0.0925. The summed E-state index contributed by atoms with van der Waals surface area (Å²) >= 11 is 0.965. The molecule has 0 spiro atoms. The number of carbonyl (C=O) groups is 1. The van der Waals surface area contributed by atoms with Gasteiger partial charge in [0.05, 0.1) is 42.1 Å². The summed E-state index contributed by atoms with van der Waals surface area (Å²) in [5, 5.41) is 5.82. The fourth-order valence-corrected chi connectivity index (χ4v) is 4.89. The van der Waals surface area contributed by atoms with Crippen LogP contribution in [0.15, 0.2) is 30.7 Å². The molecule has 1 unspecified atom stereocenters. The van der Waals surface area contributed by atoms with Crippen molar-refractivity contribution < 1.29 is 27.1 Å². The maximum absolute atomic E-state index is 14.6. The van der Waals surface area contributed by atoms with Gasteiger partial charge >= 0.3 is 6.18 Å². The number of halogens is 4. The minimum atomic E-state index is -4.60. The van der Waals surface area contributed by atoms with Crippen molar-refractivity contribution in [3.05, 3.63) is 47.7 Å². The first-order valence-electron chi connectivity index (χ1n) is 12.5. The number of alkyl halides is 4. The first-order valence-corrected chi connectivity index (χ1v) is 13.3.